The van der Waals surface area contributed by atoms with Gasteiger partial charge >= 0.3 is 5.97 Å². The summed E-state index contributed by atoms with van der Waals surface area (Å²) >= 11 is 1.61. The van der Waals surface area contributed by atoms with Gasteiger partial charge < -0.3 is 9.84 Å². The molecule has 0 saturated heterocycles. The topological polar surface area (TPSA) is 77.2 Å². The first-order valence-corrected chi connectivity index (χ1v) is 10.5. The first kappa shape index (κ1) is 19.5. The van der Waals surface area contributed by atoms with E-state index in [1.165, 1.54) is 0 Å². The number of carbonyl (C=O) groups excluding carboxylic acids is 1. The summed E-state index contributed by atoms with van der Waals surface area (Å²) in [6.07, 6.45) is 0.223. The Morgan fingerprint density at radius 2 is 2.14 bits per heavy atom. The van der Waals surface area contributed by atoms with Gasteiger partial charge in [-0.25, -0.2) is 4.68 Å². The highest BCUT2D eigenvalue weighted by Gasteiger charge is 2.24. The number of aliphatic hydroxyl groups is 1. The average Bonchev–Trinajstić information content (AvgIpc) is 3.33. The molecular formula is C22H23N3O3S. The molecule has 1 N–H and O–H groups in total. The summed E-state index contributed by atoms with van der Waals surface area (Å²) in [5.74, 6) is -0.442. The number of esters is 1. The minimum absolute atomic E-state index is 0.0425. The number of aliphatic hydroxyl groups excluding tert-OH is 1. The monoisotopic (exact) mass is 409 g/mol. The summed E-state index contributed by atoms with van der Waals surface area (Å²) < 4.78 is 8.08. The van der Waals surface area contributed by atoms with E-state index >= 15 is 0 Å². The maximum Gasteiger partial charge on any atom is 0.306 e. The van der Waals surface area contributed by atoms with Crippen molar-refractivity contribution in [3.8, 4) is 0 Å². The van der Waals surface area contributed by atoms with Crippen molar-refractivity contribution in [2.75, 3.05) is 6.61 Å². The molecule has 2 aromatic carbocycles. The highest BCUT2D eigenvalue weighted by Crippen LogP contribution is 2.37. The van der Waals surface area contributed by atoms with E-state index in [-0.39, 0.29) is 24.9 Å². The second kappa shape index (κ2) is 7.93. The second-order valence-electron chi connectivity index (χ2n) is 7.10. The molecule has 0 bridgehead atoms. The van der Waals surface area contributed by atoms with Gasteiger partial charge in [0.2, 0.25) is 0 Å². The fourth-order valence-electron chi connectivity index (χ4n) is 3.92. The molecule has 0 radical (unpaired) electrons. The van der Waals surface area contributed by atoms with E-state index < -0.39 is 0 Å². The Balaban J connectivity index is 1.88. The van der Waals surface area contributed by atoms with Gasteiger partial charge in [-0.3, -0.25) is 4.79 Å². The molecule has 0 saturated carbocycles. The molecule has 4 rings (SSSR count). The first-order chi connectivity index (χ1) is 14.0. The van der Waals surface area contributed by atoms with Gasteiger partial charge in [0, 0.05) is 17.7 Å². The van der Waals surface area contributed by atoms with Crippen molar-refractivity contribution in [3.63, 3.8) is 0 Å². The van der Waals surface area contributed by atoms with Crippen LogP contribution in [0.15, 0.2) is 35.7 Å². The van der Waals surface area contributed by atoms with Crippen LogP contribution in [0.5, 0.6) is 0 Å². The SMILES string of the molecule is CCOC(=O)C[C@@H](c1cc(CO)c2sccc2c1)c1ccc2c(nnn2C)c1C. The highest BCUT2D eigenvalue weighted by atomic mass is 32.1. The van der Waals surface area contributed by atoms with Gasteiger partial charge in [-0.2, -0.15) is 0 Å². The smallest absolute Gasteiger partial charge is 0.306 e. The molecule has 1 atom stereocenters. The third-order valence-corrected chi connectivity index (χ3v) is 6.36. The molecule has 0 aliphatic rings. The van der Waals surface area contributed by atoms with E-state index in [2.05, 4.69) is 16.4 Å². The third-order valence-electron chi connectivity index (χ3n) is 5.35. The number of ether oxygens (including phenoxy) is 1. The Labute approximate surface area is 172 Å². The summed E-state index contributed by atoms with van der Waals surface area (Å²) in [5, 5.41) is 21.4. The van der Waals surface area contributed by atoms with Crippen LogP contribution in [0.3, 0.4) is 0 Å². The summed E-state index contributed by atoms with van der Waals surface area (Å²) in [7, 11) is 1.86. The molecule has 6 nitrogen and oxygen atoms in total. The molecule has 29 heavy (non-hydrogen) atoms. The van der Waals surface area contributed by atoms with E-state index in [1.807, 2.05) is 50.5 Å². The van der Waals surface area contributed by atoms with Crippen LogP contribution < -0.4 is 0 Å². The van der Waals surface area contributed by atoms with Gasteiger partial charge in [-0.15, -0.1) is 16.4 Å². The molecule has 0 aliphatic carbocycles. The quantitative estimate of drug-likeness (QED) is 0.486. The molecular weight excluding hydrogens is 386 g/mol. The zero-order valence-electron chi connectivity index (χ0n) is 16.7. The van der Waals surface area contributed by atoms with Crippen LogP contribution in [0.1, 0.15) is 41.5 Å². The van der Waals surface area contributed by atoms with Crippen molar-refractivity contribution in [2.45, 2.75) is 32.8 Å². The molecule has 0 fully saturated rings. The summed E-state index contributed by atoms with van der Waals surface area (Å²) in [5.41, 5.74) is 5.66. The minimum atomic E-state index is -0.243. The van der Waals surface area contributed by atoms with Crippen molar-refractivity contribution in [2.24, 2.45) is 7.05 Å². The number of nitrogens with zero attached hydrogens (tertiary/aromatic N) is 3. The van der Waals surface area contributed by atoms with Gasteiger partial charge in [0.15, 0.2) is 0 Å². The molecule has 0 amide bonds. The Morgan fingerprint density at radius 3 is 2.90 bits per heavy atom. The number of thiophene rings is 1. The molecule has 0 unspecified atom stereocenters. The average molecular weight is 410 g/mol. The van der Waals surface area contributed by atoms with Crippen molar-refractivity contribution in [3.05, 3.63) is 58.0 Å². The second-order valence-corrected chi connectivity index (χ2v) is 8.02. The normalized spacial score (nSPS) is 12.6. The van der Waals surface area contributed by atoms with Gasteiger partial charge in [0.25, 0.3) is 0 Å². The minimum Gasteiger partial charge on any atom is -0.466 e. The number of rotatable bonds is 6. The first-order valence-electron chi connectivity index (χ1n) is 9.58. The van der Waals surface area contributed by atoms with Crippen LogP contribution in [-0.2, 0) is 23.2 Å². The van der Waals surface area contributed by atoms with E-state index in [1.54, 1.807) is 16.0 Å². The lowest BCUT2D eigenvalue weighted by Gasteiger charge is -2.21. The maximum absolute atomic E-state index is 12.4. The summed E-state index contributed by atoms with van der Waals surface area (Å²) in [6.45, 7) is 4.13. The predicted octanol–water partition coefficient (Wildman–Crippen LogP) is 4.07. The lowest BCUT2D eigenvalue weighted by molar-refractivity contribution is -0.143. The van der Waals surface area contributed by atoms with E-state index in [9.17, 15) is 9.90 Å². The third kappa shape index (κ3) is 3.52. The molecule has 150 valence electrons. The van der Waals surface area contributed by atoms with E-state index in [4.69, 9.17) is 4.74 Å². The summed E-state index contributed by atoms with van der Waals surface area (Å²) in [4.78, 5) is 12.4. The molecule has 0 aliphatic heterocycles. The van der Waals surface area contributed by atoms with Gasteiger partial charge in [0.05, 0.1) is 25.2 Å². The fourth-order valence-corrected chi connectivity index (χ4v) is 4.81. The number of benzene rings is 2. The Morgan fingerprint density at radius 1 is 1.31 bits per heavy atom. The van der Waals surface area contributed by atoms with E-state index in [0.717, 1.165) is 43.4 Å². The number of aryl methyl sites for hydroxylation is 2. The lowest BCUT2D eigenvalue weighted by Crippen LogP contribution is -2.13. The van der Waals surface area contributed by atoms with Crippen LogP contribution in [0, 0.1) is 6.92 Å². The highest BCUT2D eigenvalue weighted by molar-refractivity contribution is 7.17. The van der Waals surface area contributed by atoms with E-state index in [0.29, 0.717) is 6.61 Å². The number of carbonyl (C=O) groups is 1. The van der Waals surface area contributed by atoms with Crippen LogP contribution in [0.4, 0.5) is 0 Å². The maximum atomic E-state index is 12.4. The Kier molecular flexibility index (Phi) is 5.34. The number of fused-ring (bicyclic) bond motifs is 2. The van der Waals surface area contributed by atoms with Crippen molar-refractivity contribution < 1.29 is 14.6 Å². The number of hydrogen-bond donors (Lipinski definition) is 1. The molecule has 0 spiro atoms. The van der Waals surface area contributed by atoms with Crippen LogP contribution in [0.2, 0.25) is 0 Å². The van der Waals surface area contributed by atoms with Crippen LogP contribution in [-0.4, -0.2) is 32.7 Å². The van der Waals surface area contributed by atoms with Crippen LogP contribution >= 0.6 is 11.3 Å². The number of aromatic nitrogens is 3. The van der Waals surface area contributed by atoms with Crippen molar-refractivity contribution >= 4 is 38.4 Å². The predicted molar refractivity (Wildman–Crippen MR) is 114 cm³/mol. The van der Waals surface area contributed by atoms with Gasteiger partial charge in [-0.05, 0) is 65.1 Å². The van der Waals surface area contributed by atoms with Crippen molar-refractivity contribution in [1.29, 1.82) is 0 Å². The Bertz CT molecular complexity index is 1190. The zero-order chi connectivity index (χ0) is 20.5. The standard InChI is InChI=1S/C22H23N3O3S/c1-4-28-20(27)11-18(15-9-14-7-8-29-22(14)16(10-15)12-26)17-5-6-19-21(13(17)2)23-24-25(19)3/h5-10,18,26H,4,11-12H2,1-3H3/t18-/m0/s1. The molecule has 7 heteroatoms. The molecule has 2 aromatic heterocycles. The molecule has 4 aromatic rings. The lowest BCUT2D eigenvalue weighted by atomic mass is 9.84. The summed E-state index contributed by atoms with van der Waals surface area (Å²) in [6, 6.07) is 10.2. The molecule has 2 heterocycles. The van der Waals surface area contributed by atoms with Gasteiger partial charge in [-0.1, -0.05) is 17.3 Å². The fraction of sp³-hybridized carbons (Fsp3) is 0.318. The zero-order valence-corrected chi connectivity index (χ0v) is 17.5. The van der Waals surface area contributed by atoms with Gasteiger partial charge in [0.1, 0.15) is 5.52 Å². The number of hydrogen-bond acceptors (Lipinski definition) is 6. The van der Waals surface area contributed by atoms with Crippen LogP contribution in [0.25, 0.3) is 21.1 Å². The van der Waals surface area contributed by atoms with Crippen molar-refractivity contribution in [1.82, 2.24) is 15.0 Å². The largest absolute Gasteiger partial charge is 0.466 e. The Hall–Kier alpha value is -2.77.